The maximum atomic E-state index is 13.8. The number of ether oxygens (including phenoxy) is 1. The first-order chi connectivity index (χ1) is 15.2. The second kappa shape index (κ2) is 8.10. The van der Waals surface area contributed by atoms with E-state index in [1.54, 1.807) is 0 Å². The van der Waals surface area contributed by atoms with Crippen LogP contribution in [0, 0.1) is 0 Å². The highest BCUT2D eigenvalue weighted by Gasteiger charge is 2.37. The van der Waals surface area contributed by atoms with Gasteiger partial charge >= 0.3 is 0 Å². The minimum atomic E-state index is -0.305. The molecule has 1 saturated heterocycles. The Bertz CT molecular complexity index is 1160. The van der Waals surface area contributed by atoms with Crippen molar-refractivity contribution in [2.24, 2.45) is 0 Å². The van der Waals surface area contributed by atoms with Crippen LogP contribution in [0.15, 0.2) is 59.8 Å². The third-order valence-corrected chi connectivity index (χ3v) is 6.22. The summed E-state index contributed by atoms with van der Waals surface area (Å²) in [6.07, 6.45) is 3.31. The number of piperidine rings is 1. The Balaban J connectivity index is 1.72. The van der Waals surface area contributed by atoms with Crippen LogP contribution in [0.5, 0.6) is 5.75 Å². The molecule has 2 aliphatic heterocycles. The number of carbonyl (C=O) groups is 1. The van der Waals surface area contributed by atoms with Gasteiger partial charge in [-0.3, -0.25) is 9.36 Å². The fourth-order valence-corrected chi connectivity index (χ4v) is 4.80. The minimum absolute atomic E-state index is 0.101. The van der Waals surface area contributed by atoms with Gasteiger partial charge in [0, 0.05) is 24.4 Å². The first-order valence-electron chi connectivity index (χ1n) is 11.1. The van der Waals surface area contributed by atoms with Crippen LogP contribution in [0.2, 0.25) is 0 Å². The van der Waals surface area contributed by atoms with Crippen molar-refractivity contribution >= 4 is 22.9 Å². The molecule has 1 N–H and O–H groups in total. The Morgan fingerprint density at radius 2 is 1.84 bits per heavy atom. The van der Waals surface area contributed by atoms with Gasteiger partial charge in [0.15, 0.2) is 0 Å². The summed E-state index contributed by atoms with van der Waals surface area (Å²) < 4.78 is 8.15. The number of nitrogens with zero attached hydrogens (tertiary/aromatic N) is 3. The van der Waals surface area contributed by atoms with Crippen molar-refractivity contribution in [2.75, 3.05) is 25.0 Å². The van der Waals surface area contributed by atoms with Crippen LogP contribution in [-0.4, -0.2) is 40.1 Å². The van der Waals surface area contributed by atoms with E-state index >= 15 is 0 Å². The normalized spacial score (nSPS) is 18.6. The van der Waals surface area contributed by atoms with E-state index in [4.69, 9.17) is 9.72 Å². The Hall–Kier alpha value is -3.28. The predicted octanol–water partition coefficient (Wildman–Crippen LogP) is 4.74. The van der Waals surface area contributed by atoms with E-state index in [0.717, 1.165) is 65.5 Å². The molecule has 3 heterocycles. The van der Waals surface area contributed by atoms with E-state index < -0.39 is 0 Å². The van der Waals surface area contributed by atoms with Gasteiger partial charge in [-0.25, -0.2) is 4.98 Å². The van der Waals surface area contributed by atoms with Gasteiger partial charge in [0.1, 0.15) is 5.75 Å². The largest absolute Gasteiger partial charge is 0.494 e. The Labute approximate surface area is 182 Å². The van der Waals surface area contributed by atoms with Crippen LogP contribution in [0.4, 0.5) is 5.95 Å². The number of fused-ring (bicyclic) bond motifs is 3. The molecular formula is C25H28N4O2. The van der Waals surface area contributed by atoms with Crippen LogP contribution in [0.1, 0.15) is 44.7 Å². The summed E-state index contributed by atoms with van der Waals surface area (Å²) in [7, 11) is 0. The average molecular weight is 417 g/mol. The number of nitrogens with one attached hydrogen (secondary N) is 1. The van der Waals surface area contributed by atoms with Gasteiger partial charge in [-0.15, -0.1) is 0 Å². The van der Waals surface area contributed by atoms with Gasteiger partial charge in [-0.1, -0.05) is 30.3 Å². The highest BCUT2D eigenvalue weighted by atomic mass is 16.5. The topological polar surface area (TPSA) is 59.4 Å². The SMILES string of the molecule is CCOc1ccccc1[C@@H]1C(C(=O)N2CCCCC2)=C(C)Nc2nc3ccccc3n21. The number of likely N-dealkylation sites (tertiary alicyclic amines) is 1. The number of hydrogen-bond acceptors (Lipinski definition) is 4. The van der Waals surface area contributed by atoms with Crippen molar-refractivity contribution in [1.82, 2.24) is 14.5 Å². The molecule has 0 saturated carbocycles. The number of anilines is 1. The Morgan fingerprint density at radius 1 is 1.10 bits per heavy atom. The van der Waals surface area contributed by atoms with Crippen molar-refractivity contribution in [1.29, 1.82) is 0 Å². The number of hydrogen-bond donors (Lipinski definition) is 1. The number of imidazole rings is 1. The molecule has 31 heavy (non-hydrogen) atoms. The number of carbonyl (C=O) groups excluding carboxylic acids is 1. The molecule has 0 bridgehead atoms. The van der Waals surface area contributed by atoms with Gasteiger partial charge in [-0.05, 0) is 51.3 Å². The van der Waals surface area contributed by atoms with Crippen molar-refractivity contribution in [2.45, 2.75) is 39.2 Å². The Morgan fingerprint density at radius 3 is 2.65 bits per heavy atom. The highest BCUT2D eigenvalue weighted by Crippen LogP contribution is 2.42. The molecule has 2 aromatic carbocycles. The molecule has 5 rings (SSSR count). The number of allylic oxidation sites excluding steroid dienone is 1. The molecule has 1 atom stereocenters. The van der Waals surface area contributed by atoms with Crippen LogP contribution < -0.4 is 10.1 Å². The summed E-state index contributed by atoms with van der Waals surface area (Å²) in [4.78, 5) is 20.7. The third kappa shape index (κ3) is 3.36. The first kappa shape index (κ1) is 19.7. The molecule has 0 radical (unpaired) electrons. The summed E-state index contributed by atoms with van der Waals surface area (Å²) in [5.41, 5.74) is 4.51. The van der Waals surface area contributed by atoms with Crippen molar-refractivity contribution in [3.63, 3.8) is 0 Å². The van der Waals surface area contributed by atoms with E-state index in [1.165, 1.54) is 6.42 Å². The maximum absolute atomic E-state index is 13.8. The van der Waals surface area contributed by atoms with Crippen LogP contribution in [0.25, 0.3) is 11.0 Å². The van der Waals surface area contributed by atoms with E-state index in [1.807, 2.05) is 55.1 Å². The molecule has 3 aromatic rings. The fourth-order valence-electron chi connectivity index (χ4n) is 4.80. The number of para-hydroxylation sites is 3. The van der Waals surface area contributed by atoms with Gasteiger partial charge < -0.3 is 15.0 Å². The van der Waals surface area contributed by atoms with Gasteiger partial charge in [0.2, 0.25) is 5.95 Å². The highest BCUT2D eigenvalue weighted by molar-refractivity contribution is 5.98. The van der Waals surface area contributed by atoms with E-state index in [-0.39, 0.29) is 11.9 Å². The summed E-state index contributed by atoms with van der Waals surface area (Å²) in [5, 5.41) is 3.41. The zero-order chi connectivity index (χ0) is 21.4. The molecule has 1 aromatic heterocycles. The summed E-state index contributed by atoms with van der Waals surface area (Å²) in [6, 6.07) is 15.8. The lowest BCUT2D eigenvalue weighted by Gasteiger charge is -2.35. The lowest BCUT2D eigenvalue weighted by Crippen LogP contribution is -2.40. The predicted molar refractivity (Wildman–Crippen MR) is 122 cm³/mol. The average Bonchev–Trinajstić information content (AvgIpc) is 3.17. The third-order valence-electron chi connectivity index (χ3n) is 6.22. The standard InChI is InChI=1S/C25H28N4O2/c1-3-31-21-14-8-5-11-18(21)23-22(24(30)28-15-9-4-10-16-28)17(2)26-25-27-19-12-6-7-13-20(19)29(23)25/h5-8,11-14,23H,3-4,9-10,15-16H2,1-2H3,(H,26,27)/t23-/m1/s1. The second-order valence-electron chi connectivity index (χ2n) is 8.18. The van der Waals surface area contributed by atoms with E-state index in [9.17, 15) is 4.79 Å². The molecule has 2 aliphatic rings. The number of benzene rings is 2. The summed E-state index contributed by atoms with van der Waals surface area (Å²) in [6.45, 7) is 6.16. The molecular weight excluding hydrogens is 388 g/mol. The van der Waals surface area contributed by atoms with E-state index in [0.29, 0.717) is 6.61 Å². The summed E-state index contributed by atoms with van der Waals surface area (Å²) >= 11 is 0. The van der Waals surface area contributed by atoms with Gasteiger partial charge in [0.05, 0.1) is 29.3 Å². The lowest BCUT2D eigenvalue weighted by atomic mass is 9.92. The van der Waals surface area contributed by atoms with Gasteiger partial charge in [-0.2, -0.15) is 0 Å². The second-order valence-corrected chi connectivity index (χ2v) is 8.18. The van der Waals surface area contributed by atoms with Crippen LogP contribution in [-0.2, 0) is 4.79 Å². The van der Waals surface area contributed by atoms with Crippen molar-refractivity contribution in [3.8, 4) is 5.75 Å². The van der Waals surface area contributed by atoms with Crippen molar-refractivity contribution < 1.29 is 9.53 Å². The minimum Gasteiger partial charge on any atom is -0.494 e. The molecule has 6 heteroatoms. The first-order valence-corrected chi connectivity index (χ1v) is 11.1. The zero-order valence-corrected chi connectivity index (χ0v) is 18.1. The van der Waals surface area contributed by atoms with Crippen LogP contribution >= 0.6 is 0 Å². The number of rotatable bonds is 4. The van der Waals surface area contributed by atoms with E-state index in [2.05, 4.69) is 22.0 Å². The number of amides is 1. The van der Waals surface area contributed by atoms with Crippen molar-refractivity contribution in [3.05, 3.63) is 65.4 Å². The molecule has 160 valence electrons. The molecule has 6 nitrogen and oxygen atoms in total. The molecule has 0 aliphatic carbocycles. The summed E-state index contributed by atoms with van der Waals surface area (Å²) in [5.74, 6) is 1.66. The number of aromatic nitrogens is 2. The lowest BCUT2D eigenvalue weighted by molar-refractivity contribution is -0.128. The quantitative estimate of drug-likeness (QED) is 0.668. The fraction of sp³-hybridized carbons (Fsp3) is 0.360. The molecule has 0 spiro atoms. The smallest absolute Gasteiger partial charge is 0.254 e. The molecule has 0 unspecified atom stereocenters. The maximum Gasteiger partial charge on any atom is 0.254 e. The zero-order valence-electron chi connectivity index (χ0n) is 18.1. The van der Waals surface area contributed by atoms with Crippen LogP contribution in [0.3, 0.4) is 0 Å². The van der Waals surface area contributed by atoms with Gasteiger partial charge in [0.25, 0.3) is 5.91 Å². The Kier molecular flexibility index (Phi) is 5.14. The monoisotopic (exact) mass is 416 g/mol. The molecule has 1 fully saturated rings. The molecule has 1 amide bonds.